The van der Waals surface area contributed by atoms with Gasteiger partial charge in [0.25, 0.3) is 0 Å². The van der Waals surface area contributed by atoms with E-state index in [0.717, 1.165) is 28.6 Å². The Morgan fingerprint density at radius 2 is 1.83 bits per heavy atom. The van der Waals surface area contributed by atoms with Crippen LogP contribution in [-0.4, -0.2) is 31.4 Å². The Morgan fingerprint density at radius 1 is 1.08 bits per heavy atom. The Balaban J connectivity index is 1.60. The first-order chi connectivity index (χ1) is 11.8. The number of fused-ring (bicyclic) bond motifs is 1. The van der Waals surface area contributed by atoms with E-state index >= 15 is 0 Å². The van der Waals surface area contributed by atoms with Gasteiger partial charge in [0.1, 0.15) is 5.75 Å². The van der Waals surface area contributed by atoms with E-state index in [1.165, 1.54) is 11.8 Å². The van der Waals surface area contributed by atoms with Gasteiger partial charge in [-0.25, -0.2) is 0 Å². The number of hydrogen-bond donors (Lipinski definition) is 0. The van der Waals surface area contributed by atoms with Gasteiger partial charge in [0.05, 0.1) is 25.6 Å². The first-order valence-corrected chi connectivity index (χ1v) is 9.03. The van der Waals surface area contributed by atoms with E-state index in [0.29, 0.717) is 31.1 Å². The highest BCUT2D eigenvalue weighted by atomic mass is 32.2. The number of ketones is 1. The molecule has 0 fully saturated rings. The van der Waals surface area contributed by atoms with Gasteiger partial charge in [0.15, 0.2) is 17.3 Å². The van der Waals surface area contributed by atoms with Crippen molar-refractivity contribution in [1.82, 2.24) is 0 Å². The molecule has 126 valence electrons. The van der Waals surface area contributed by atoms with E-state index < -0.39 is 0 Å². The third-order valence-corrected chi connectivity index (χ3v) is 4.57. The summed E-state index contributed by atoms with van der Waals surface area (Å²) in [6.45, 7) is 3.89. The van der Waals surface area contributed by atoms with Crippen molar-refractivity contribution >= 4 is 17.5 Å². The third kappa shape index (κ3) is 4.23. The second kappa shape index (κ2) is 8.11. The lowest BCUT2D eigenvalue weighted by Gasteiger charge is -2.09. The maximum atomic E-state index is 12.3. The first kappa shape index (κ1) is 16.7. The largest absolute Gasteiger partial charge is 0.494 e. The molecular weight excluding hydrogens is 324 g/mol. The van der Waals surface area contributed by atoms with Crippen molar-refractivity contribution in [3.63, 3.8) is 0 Å². The van der Waals surface area contributed by atoms with Crippen LogP contribution in [0.25, 0.3) is 0 Å². The molecule has 2 aromatic carbocycles. The molecule has 2 aromatic rings. The topological polar surface area (TPSA) is 44.8 Å². The number of rotatable bonds is 6. The summed E-state index contributed by atoms with van der Waals surface area (Å²) in [5.74, 6) is 2.79. The van der Waals surface area contributed by atoms with E-state index in [1.54, 1.807) is 0 Å². The monoisotopic (exact) mass is 344 g/mol. The van der Waals surface area contributed by atoms with Crippen LogP contribution in [0.5, 0.6) is 17.2 Å². The van der Waals surface area contributed by atoms with E-state index in [-0.39, 0.29) is 5.78 Å². The zero-order valence-electron chi connectivity index (χ0n) is 13.6. The Labute approximate surface area is 146 Å². The number of carbonyl (C=O) groups is 1. The lowest BCUT2D eigenvalue weighted by atomic mass is 10.1. The standard InChI is InChI=1S/C19H20O4S/c1-2-21-15-6-4-14(5-7-15)17(20)13-24-16-8-9-18-19(12-16)23-11-3-10-22-18/h4-9,12H,2-3,10-11,13H2,1H3. The molecule has 0 amide bonds. The van der Waals surface area contributed by atoms with Gasteiger partial charge in [-0.1, -0.05) is 0 Å². The molecule has 5 heteroatoms. The van der Waals surface area contributed by atoms with E-state index in [2.05, 4.69) is 0 Å². The number of Topliss-reactive ketones (excluding diaryl/α,β-unsaturated/α-hetero) is 1. The molecule has 0 bridgehead atoms. The minimum absolute atomic E-state index is 0.0927. The van der Waals surface area contributed by atoms with Crippen LogP contribution in [0, 0.1) is 0 Å². The minimum Gasteiger partial charge on any atom is -0.494 e. The van der Waals surface area contributed by atoms with Gasteiger partial charge in [-0.3, -0.25) is 4.79 Å². The summed E-state index contributed by atoms with van der Waals surface area (Å²) in [5.41, 5.74) is 0.695. The minimum atomic E-state index is 0.0927. The maximum absolute atomic E-state index is 12.3. The summed E-state index contributed by atoms with van der Waals surface area (Å²) in [7, 11) is 0. The molecule has 0 N–H and O–H groups in total. The van der Waals surface area contributed by atoms with Gasteiger partial charge in [0, 0.05) is 16.9 Å². The molecule has 24 heavy (non-hydrogen) atoms. The van der Waals surface area contributed by atoms with Crippen molar-refractivity contribution in [3.8, 4) is 17.2 Å². The zero-order chi connectivity index (χ0) is 16.8. The third-order valence-electron chi connectivity index (χ3n) is 3.58. The SMILES string of the molecule is CCOc1ccc(C(=O)CSc2ccc3c(c2)OCCCO3)cc1. The predicted molar refractivity (Wildman–Crippen MR) is 94.7 cm³/mol. The molecule has 0 saturated heterocycles. The fourth-order valence-corrected chi connectivity index (χ4v) is 3.19. The molecule has 1 aliphatic heterocycles. The summed E-state index contributed by atoms with van der Waals surface area (Å²) < 4.78 is 16.7. The van der Waals surface area contributed by atoms with Crippen molar-refractivity contribution in [2.24, 2.45) is 0 Å². The lowest BCUT2D eigenvalue weighted by Crippen LogP contribution is -2.02. The fraction of sp³-hybridized carbons (Fsp3) is 0.316. The summed E-state index contributed by atoms with van der Waals surface area (Å²) >= 11 is 1.50. The molecule has 4 nitrogen and oxygen atoms in total. The number of benzene rings is 2. The summed E-state index contributed by atoms with van der Waals surface area (Å²) in [4.78, 5) is 13.3. The van der Waals surface area contributed by atoms with E-state index in [4.69, 9.17) is 14.2 Å². The van der Waals surface area contributed by atoms with Gasteiger partial charge in [-0.05, 0) is 49.4 Å². The lowest BCUT2D eigenvalue weighted by molar-refractivity contribution is 0.102. The first-order valence-electron chi connectivity index (χ1n) is 8.05. The highest BCUT2D eigenvalue weighted by molar-refractivity contribution is 8.00. The molecule has 3 rings (SSSR count). The predicted octanol–water partition coefficient (Wildman–Crippen LogP) is 4.22. The van der Waals surface area contributed by atoms with Crippen molar-refractivity contribution in [2.45, 2.75) is 18.2 Å². The van der Waals surface area contributed by atoms with Crippen LogP contribution in [0.4, 0.5) is 0 Å². The molecule has 0 aliphatic carbocycles. The Kier molecular flexibility index (Phi) is 5.64. The van der Waals surface area contributed by atoms with Crippen molar-refractivity contribution < 1.29 is 19.0 Å². The van der Waals surface area contributed by atoms with Gasteiger partial charge in [0.2, 0.25) is 0 Å². The van der Waals surface area contributed by atoms with Crippen molar-refractivity contribution in [2.75, 3.05) is 25.6 Å². The van der Waals surface area contributed by atoms with Crippen LogP contribution in [0.15, 0.2) is 47.4 Å². The molecule has 0 radical (unpaired) electrons. The van der Waals surface area contributed by atoms with Gasteiger partial charge < -0.3 is 14.2 Å². The molecule has 0 atom stereocenters. The van der Waals surface area contributed by atoms with Gasteiger partial charge in [-0.2, -0.15) is 0 Å². The van der Waals surface area contributed by atoms with E-state index in [1.807, 2.05) is 49.4 Å². The molecule has 0 unspecified atom stereocenters. The van der Waals surface area contributed by atoms with Crippen LogP contribution < -0.4 is 14.2 Å². The van der Waals surface area contributed by atoms with Gasteiger partial charge in [-0.15, -0.1) is 11.8 Å². The second-order valence-electron chi connectivity index (χ2n) is 5.33. The Morgan fingerprint density at radius 3 is 2.58 bits per heavy atom. The number of hydrogen-bond acceptors (Lipinski definition) is 5. The molecule has 0 aromatic heterocycles. The van der Waals surface area contributed by atoms with E-state index in [9.17, 15) is 4.79 Å². The Hall–Kier alpha value is -2.14. The Bertz CT molecular complexity index is 697. The second-order valence-corrected chi connectivity index (χ2v) is 6.38. The quantitative estimate of drug-likeness (QED) is 0.580. The van der Waals surface area contributed by atoms with Crippen molar-refractivity contribution in [1.29, 1.82) is 0 Å². The molecular formula is C19H20O4S. The molecule has 1 heterocycles. The maximum Gasteiger partial charge on any atom is 0.173 e. The number of carbonyl (C=O) groups excluding carboxylic acids is 1. The molecule has 0 spiro atoms. The zero-order valence-corrected chi connectivity index (χ0v) is 14.4. The average Bonchev–Trinajstić information content (AvgIpc) is 2.85. The summed E-state index contributed by atoms with van der Waals surface area (Å²) in [6.07, 6.45) is 0.882. The van der Waals surface area contributed by atoms with Crippen LogP contribution in [0.1, 0.15) is 23.7 Å². The summed E-state index contributed by atoms with van der Waals surface area (Å²) in [5, 5.41) is 0. The van der Waals surface area contributed by atoms with Crippen LogP contribution in [0.3, 0.4) is 0 Å². The normalized spacial score (nSPS) is 13.2. The molecule has 1 aliphatic rings. The van der Waals surface area contributed by atoms with Crippen LogP contribution in [-0.2, 0) is 0 Å². The smallest absolute Gasteiger partial charge is 0.173 e. The summed E-state index contributed by atoms with van der Waals surface area (Å²) in [6, 6.07) is 13.1. The van der Waals surface area contributed by atoms with Crippen LogP contribution in [0.2, 0.25) is 0 Å². The number of thioether (sulfide) groups is 1. The fourth-order valence-electron chi connectivity index (χ4n) is 2.37. The highest BCUT2D eigenvalue weighted by Gasteiger charge is 2.12. The van der Waals surface area contributed by atoms with Gasteiger partial charge >= 0.3 is 0 Å². The highest BCUT2D eigenvalue weighted by Crippen LogP contribution is 2.34. The number of ether oxygens (including phenoxy) is 3. The van der Waals surface area contributed by atoms with Crippen molar-refractivity contribution in [3.05, 3.63) is 48.0 Å². The molecule has 0 saturated carbocycles. The van der Waals surface area contributed by atoms with Crippen LogP contribution >= 0.6 is 11.8 Å². The average molecular weight is 344 g/mol.